The lowest BCUT2D eigenvalue weighted by atomic mass is 9.93. The van der Waals surface area contributed by atoms with Crippen LogP contribution in [0.25, 0.3) is 0 Å². The Labute approximate surface area is 143 Å². The number of carboxylic acids is 1. The molecule has 7 nitrogen and oxygen atoms in total. The maximum Gasteiger partial charge on any atom is 0.326 e. The van der Waals surface area contributed by atoms with Gasteiger partial charge < -0.3 is 20.5 Å². The Hall–Kier alpha value is -2.48. The summed E-state index contributed by atoms with van der Waals surface area (Å²) in [4.78, 5) is 35.3. The zero-order valence-corrected chi connectivity index (χ0v) is 13.5. The predicted octanol–water partition coefficient (Wildman–Crippen LogP) is 1.32. The fraction of sp³-hybridized carbons (Fsp3) is 0.471. The van der Waals surface area contributed by atoms with Gasteiger partial charge in [0.1, 0.15) is 11.9 Å². The highest BCUT2D eigenvalue weighted by Crippen LogP contribution is 2.26. The lowest BCUT2D eigenvalue weighted by Gasteiger charge is -2.28. The zero-order chi connectivity index (χ0) is 18.0. The molecule has 0 radical (unpaired) electrons. The Morgan fingerprint density at radius 1 is 1.36 bits per heavy atom. The van der Waals surface area contributed by atoms with Gasteiger partial charge in [-0.15, -0.1) is 0 Å². The molecule has 1 aromatic carbocycles. The molecule has 2 atom stereocenters. The monoisotopic (exact) mass is 350 g/mol. The Kier molecular flexibility index (Phi) is 4.98. The molecule has 1 aromatic rings. The normalized spacial score (nSPS) is 21.0. The molecule has 1 fully saturated rings. The van der Waals surface area contributed by atoms with Gasteiger partial charge >= 0.3 is 5.97 Å². The second-order valence-electron chi connectivity index (χ2n) is 6.30. The first-order valence-corrected chi connectivity index (χ1v) is 8.19. The van der Waals surface area contributed by atoms with Crippen LogP contribution >= 0.6 is 0 Å². The minimum atomic E-state index is -1.17. The molecule has 2 aliphatic heterocycles. The van der Waals surface area contributed by atoms with Gasteiger partial charge in [-0.2, -0.15) is 0 Å². The van der Waals surface area contributed by atoms with Crippen LogP contribution in [-0.2, 0) is 20.7 Å². The number of carbonyl (C=O) groups is 3. The van der Waals surface area contributed by atoms with E-state index in [0.717, 1.165) is 12.5 Å². The van der Waals surface area contributed by atoms with Gasteiger partial charge in [0.2, 0.25) is 5.91 Å². The molecule has 0 saturated carbocycles. The van der Waals surface area contributed by atoms with Gasteiger partial charge in [0.05, 0.1) is 12.2 Å². The van der Waals surface area contributed by atoms with Crippen LogP contribution in [0.2, 0.25) is 0 Å². The molecule has 2 heterocycles. The SMILES string of the molecule is O=C1CCc2cc(C(=O)N[C@@H](C(=O)O)[C@@H]3CCCOC3)c(F)cc2N1. The average Bonchev–Trinajstić information content (AvgIpc) is 2.59. The molecule has 0 bridgehead atoms. The number of hydrogen-bond donors (Lipinski definition) is 3. The van der Waals surface area contributed by atoms with Gasteiger partial charge in [0.15, 0.2) is 0 Å². The molecule has 1 saturated heterocycles. The largest absolute Gasteiger partial charge is 0.480 e. The second-order valence-corrected chi connectivity index (χ2v) is 6.30. The van der Waals surface area contributed by atoms with Crippen LogP contribution in [-0.4, -0.2) is 42.1 Å². The summed E-state index contributed by atoms with van der Waals surface area (Å²) < 4.78 is 19.5. The summed E-state index contributed by atoms with van der Waals surface area (Å²) in [5.41, 5.74) is 0.776. The average molecular weight is 350 g/mol. The first kappa shape index (κ1) is 17.3. The maximum absolute atomic E-state index is 14.3. The van der Waals surface area contributed by atoms with Crippen molar-refractivity contribution in [1.29, 1.82) is 0 Å². The number of rotatable bonds is 4. The number of fused-ring (bicyclic) bond motifs is 1. The van der Waals surface area contributed by atoms with Crippen molar-refractivity contribution in [3.05, 3.63) is 29.1 Å². The number of amides is 2. The summed E-state index contributed by atoms with van der Waals surface area (Å²) >= 11 is 0. The van der Waals surface area contributed by atoms with Crippen LogP contribution in [0.15, 0.2) is 12.1 Å². The van der Waals surface area contributed by atoms with Crippen molar-refractivity contribution in [1.82, 2.24) is 5.32 Å². The van der Waals surface area contributed by atoms with Crippen LogP contribution in [0.5, 0.6) is 0 Å². The van der Waals surface area contributed by atoms with Crippen molar-refractivity contribution in [3.63, 3.8) is 0 Å². The molecule has 3 N–H and O–H groups in total. The first-order valence-electron chi connectivity index (χ1n) is 8.19. The highest BCUT2D eigenvalue weighted by molar-refractivity contribution is 5.99. The Morgan fingerprint density at radius 2 is 2.16 bits per heavy atom. The van der Waals surface area contributed by atoms with E-state index in [1.165, 1.54) is 6.07 Å². The molecule has 3 rings (SSSR count). The van der Waals surface area contributed by atoms with E-state index in [1.54, 1.807) is 0 Å². The van der Waals surface area contributed by atoms with Crippen molar-refractivity contribution >= 4 is 23.5 Å². The van der Waals surface area contributed by atoms with Crippen LogP contribution in [0, 0.1) is 11.7 Å². The van der Waals surface area contributed by atoms with Crippen molar-refractivity contribution in [2.75, 3.05) is 18.5 Å². The molecule has 8 heteroatoms. The number of nitrogens with one attached hydrogen (secondary N) is 2. The van der Waals surface area contributed by atoms with Crippen LogP contribution < -0.4 is 10.6 Å². The number of halogens is 1. The predicted molar refractivity (Wildman–Crippen MR) is 85.8 cm³/mol. The Bertz CT molecular complexity index is 715. The molecular formula is C17H19FN2O5. The fourth-order valence-corrected chi connectivity index (χ4v) is 3.20. The van der Waals surface area contributed by atoms with Gasteiger partial charge in [-0.25, -0.2) is 9.18 Å². The number of aryl methyl sites for hydroxylation is 1. The summed E-state index contributed by atoms with van der Waals surface area (Å²) in [5.74, 6) is -3.31. The summed E-state index contributed by atoms with van der Waals surface area (Å²) in [6.45, 7) is 0.817. The number of ether oxygens (including phenoxy) is 1. The van der Waals surface area contributed by atoms with Gasteiger partial charge in [-0.1, -0.05) is 0 Å². The zero-order valence-electron chi connectivity index (χ0n) is 13.5. The topological polar surface area (TPSA) is 105 Å². The molecule has 134 valence electrons. The molecule has 0 aromatic heterocycles. The molecule has 0 unspecified atom stereocenters. The third-order valence-corrected chi connectivity index (χ3v) is 4.55. The Morgan fingerprint density at radius 3 is 2.84 bits per heavy atom. The number of hydrogen-bond acceptors (Lipinski definition) is 4. The maximum atomic E-state index is 14.3. The fourth-order valence-electron chi connectivity index (χ4n) is 3.20. The van der Waals surface area contributed by atoms with Gasteiger partial charge in [-0.05, 0) is 37.0 Å². The third kappa shape index (κ3) is 3.79. The number of benzene rings is 1. The van der Waals surface area contributed by atoms with E-state index < -0.39 is 23.7 Å². The molecule has 2 aliphatic rings. The molecular weight excluding hydrogens is 331 g/mol. The van der Waals surface area contributed by atoms with Gasteiger partial charge in [-0.3, -0.25) is 9.59 Å². The quantitative estimate of drug-likeness (QED) is 0.760. The van der Waals surface area contributed by atoms with E-state index in [4.69, 9.17) is 4.74 Å². The van der Waals surface area contributed by atoms with Crippen molar-refractivity contribution in [2.45, 2.75) is 31.7 Å². The minimum absolute atomic E-state index is 0.202. The van der Waals surface area contributed by atoms with Crippen molar-refractivity contribution in [3.8, 4) is 0 Å². The van der Waals surface area contributed by atoms with Gasteiger partial charge in [0.25, 0.3) is 5.91 Å². The van der Waals surface area contributed by atoms with E-state index in [9.17, 15) is 23.9 Å². The first-order chi connectivity index (χ1) is 12.0. The van der Waals surface area contributed by atoms with E-state index in [2.05, 4.69) is 10.6 Å². The highest BCUT2D eigenvalue weighted by atomic mass is 19.1. The van der Waals surface area contributed by atoms with Gasteiger partial charge in [0, 0.05) is 24.6 Å². The summed E-state index contributed by atoms with van der Waals surface area (Å²) in [6, 6.07) is 1.33. The smallest absolute Gasteiger partial charge is 0.326 e. The summed E-state index contributed by atoms with van der Waals surface area (Å²) in [7, 11) is 0. The van der Waals surface area contributed by atoms with E-state index >= 15 is 0 Å². The molecule has 0 aliphatic carbocycles. The third-order valence-electron chi connectivity index (χ3n) is 4.55. The summed E-state index contributed by atoms with van der Waals surface area (Å²) in [5, 5.41) is 14.4. The minimum Gasteiger partial charge on any atom is -0.480 e. The standard InChI is InChI=1S/C17H19FN2O5/c18-12-7-13-9(3-4-14(21)19-13)6-11(12)16(22)20-15(17(23)24)10-2-1-5-25-8-10/h6-7,10,15H,1-5,8H2,(H,19,21)(H,20,22)(H,23,24)/t10-,15-/m1/s1. The number of carboxylic acid groups (broad SMARTS) is 1. The van der Waals surface area contributed by atoms with E-state index in [-0.39, 0.29) is 30.4 Å². The van der Waals surface area contributed by atoms with E-state index in [1.807, 2.05) is 0 Å². The van der Waals surface area contributed by atoms with Crippen molar-refractivity contribution < 1.29 is 28.6 Å². The Balaban J connectivity index is 1.79. The summed E-state index contributed by atoms with van der Waals surface area (Å²) in [6.07, 6.45) is 2.00. The number of carbonyl (C=O) groups excluding carboxylic acids is 2. The van der Waals surface area contributed by atoms with Crippen LogP contribution in [0.3, 0.4) is 0 Å². The van der Waals surface area contributed by atoms with Crippen LogP contribution in [0.1, 0.15) is 35.2 Å². The lowest BCUT2D eigenvalue weighted by Crippen LogP contribution is -2.48. The second kappa shape index (κ2) is 7.18. The lowest BCUT2D eigenvalue weighted by molar-refractivity contribution is -0.142. The molecule has 0 spiro atoms. The molecule has 2 amide bonds. The molecule has 25 heavy (non-hydrogen) atoms. The van der Waals surface area contributed by atoms with Crippen LogP contribution in [0.4, 0.5) is 10.1 Å². The van der Waals surface area contributed by atoms with E-state index in [0.29, 0.717) is 30.7 Å². The number of anilines is 1. The van der Waals surface area contributed by atoms with Crippen molar-refractivity contribution in [2.24, 2.45) is 5.92 Å². The number of aliphatic carboxylic acids is 1. The highest BCUT2D eigenvalue weighted by Gasteiger charge is 2.32.